The third-order valence-corrected chi connectivity index (χ3v) is 3.48. The molecule has 1 aromatic heterocycles. The molecule has 0 saturated carbocycles. The lowest BCUT2D eigenvalue weighted by molar-refractivity contribution is 0.0792. The number of aliphatic hydroxyl groups is 1. The average Bonchev–Trinajstić information content (AvgIpc) is 2.90. The summed E-state index contributed by atoms with van der Waals surface area (Å²) in [5, 5.41) is 10.3. The number of furan rings is 1. The van der Waals surface area contributed by atoms with Crippen LogP contribution >= 0.6 is 0 Å². The molecule has 0 aliphatic carbocycles. The third-order valence-electron chi connectivity index (χ3n) is 3.48. The van der Waals surface area contributed by atoms with E-state index in [1.165, 1.54) is 6.07 Å². The Labute approximate surface area is 130 Å². The second kappa shape index (κ2) is 8.08. The van der Waals surface area contributed by atoms with Crippen LogP contribution in [0.4, 0.5) is 4.39 Å². The molecule has 1 N–H and O–H groups in total. The van der Waals surface area contributed by atoms with Gasteiger partial charge in [0.25, 0.3) is 0 Å². The normalized spacial score (nSPS) is 12.8. The predicted molar refractivity (Wildman–Crippen MR) is 82.0 cm³/mol. The van der Waals surface area contributed by atoms with Gasteiger partial charge >= 0.3 is 0 Å². The number of ether oxygens (including phenoxy) is 1. The Kier molecular flexibility index (Phi) is 6.12. The van der Waals surface area contributed by atoms with Crippen molar-refractivity contribution in [1.29, 1.82) is 0 Å². The van der Waals surface area contributed by atoms with Gasteiger partial charge in [-0.25, -0.2) is 4.39 Å². The van der Waals surface area contributed by atoms with E-state index in [0.29, 0.717) is 31.8 Å². The van der Waals surface area contributed by atoms with E-state index in [9.17, 15) is 9.50 Å². The first-order chi connectivity index (χ1) is 10.6. The summed E-state index contributed by atoms with van der Waals surface area (Å²) in [6.07, 6.45) is -0.894. The van der Waals surface area contributed by atoms with Crippen LogP contribution in [0.25, 0.3) is 0 Å². The van der Waals surface area contributed by atoms with E-state index >= 15 is 0 Å². The molecule has 0 radical (unpaired) electrons. The van der Waals surface area contributed by atoms with Gasteiger partial charge in [-0.15, -0.1) is 0 Å². The molecule has 22 heavy (non-hydrogen) atoms. The van der Waals surface area contributed by atoms with Crippen molar-refractivity contribution in [2.45, 2.75) is 19.6 Å². The smallest absolute Gasteiger partial charge is 0.129 e. The first kappa shape index (κ1) is 16.7. The summed E-state index contributed by atoms with van der Waals surface area (Å²) in [5.74, 6) is 1.27. The summed E-state index contributed by atoms with van der Waals surface area (Å²) < 4.78 is 24.4. The highest BCUT2D eigenvalue weighted by atomic mass is 19.1. The van der Waals surface area contributed by atoms with Crippen molar-refractivity contribution < 1.29 is 18.7 Å². The molecule has 5 heteroatoms. The van der Waals surface area contributed by atoms with Gasteiger partial charge in [0.1, 0.15) is 17.3 Å². The molecule has 0 aliphatic rings. The summed E-state index contributed by atoms with van der Waals surface area (Å²) in [6, 6.07) is 10.1. The van der Waals surface area contributed by atoms with Crippen LogP contribution in [0, 0.1) is 12.7 Å². The van der Waals surface area contributed by atoms with Gasteiger partial charge in [0.2, 0.25) is 0 Å². The van der Waals surface area contributed by atoms with E-state index in [1.807, 2.05) is 24.0 Å². The van der Waals surface area contributed by atoms with E-state index in [-0.39, 0.29) is 0 Å². The van der Waals surface area contributed by atoms with Crippen molar-refractivity contribution in [2.24, 2.45) is 0 Å². The van der Waals surface area contributed by atoms with Gasteiger partial charge in [-0.2, -0.15) is 0 Å². The van der Waals surface area contributed by atoms with E-state index < -0.39 is 11.9 Å². The van der Waals surface area contributed by atoms with E-state index in [1.54, 1.807) is 25.3 Å². The highest BCUT2D eigenvalue weighted by molar-refractivity contribution is 5.20. The molecule has 2 rings (SSSR count). The van der Waals surface area contributed by atoms with Crippen molar-refractivity contribution in [2.75, 3.05) is 26.8 Å². The Morgan fingerprint density at radius 3 is 2.68 bits per heavy atom. The van der Waals surface area contributed by atoms with Crippen LogP contribution in [-0.2, 0) is 11.3 Å². The summed E-state index contributed by atoms with van der Waals surface area (Å²) in [7, 11) is 1.63. The molecule has 0 amide bonds. The Balaban J connectivity index is 2.03. The number of rotatable bonds is 8. The lowest BCUT2D eigenvalue weighted by Crippen LogP contribution is -2.31. The number of hydrogen-bond donors (Lipinski definition) is 1. The maximum absolute atomic E-state index is 13.8. The molecule has 1 atom stereocenters. The van der Waals surface area contributed by atoms with Crippen LogP contribution in [0.5, 0.6) is 0 Å². The largest absolute Gasteiger partial charge is 0.465 e. The van der Waals surface area contributed by atoms with Crippen molar-refractivity contribution in [1.82, 2.24) is 4.90 Å². The average molecular weight is 307 g/mol. The molecule has 1 unspecified atom stereocenters. The van der Waals surface area contributed by atoms with E-state index in [0.717, 1.165) is 11.5 Å². The van der Waals surface area contributed by atoms with Gasteiger partial charge in [-0.1, -0.05) is 18.2 Å². The van der Waals surface area contributed by atoms with Crippen LogP contribution in [0.2, 0.25) is 0 Å². The minimum Gasteiger partial charge on any atom is -0.465 e. The number of hydrogen-bond acceptors (Lipinski definition) is 4. The van der Waals surface area contributed by atoms with Crippen LogP contribution in [-0.4, -0.2) is 36.8 Å². The lowest BCUT2D eigenvalue weighted by Gasteiger charge is -2.24. The molecule has 1 aromatic carbocycles. The SMILES string of the molecule is COCCN(Cc1ccc(C)o1)CC(O)c1ccccc1F. The van der Waals surface area contributed by atoms with Gasteiger partial charge < -0.3 is 14.3 Å². The molecule has 1 heterocycles. The van der Waals surface area contributed by atoms with Gasteiger partial charge in [0.15, 0.2) is 0 Å². The zero-order valence-electron chi connectivity index (χ0n) is 13.0. The lowest BCUT2D eigenvalue weighted by atomic mass is 10.1. The topological polar surface area (TPSA) is 45.8 Å². The summed E-state index contributed by atoms with van der Waals surface area (Å²) in [6.45, 7) is 3.90. The summed E-state index contributed by atoms with van der Waals surface area (Å²) in [5.41, 5.74) is 0.306. The summed E-state index contributed by atoms with van der Waals surface area (Å²) >= 11 is 0. The zero-order valence-corrected chi connectivity index (χ0v) is 13.0. The highest BCUT2D eigenvalue weighted by Gasteiger charge is 2.17. The molecular formula is C17H22FNO3. The molecule has 0 aliphatic heterocycles. The Hall–Kier alpha value is -1.69. The minimum atomic E-state index is -0.894. The fraction of sp³-hybridized carbons (Fsp3) is 0.412. The molecular weight excluding hydrogens is 285 g/mol. The van der Waals surface area contributed by atoms with E-state index in [4.69, 9.17) is 9.15 Å². The number of aliphatic hydroxyl groups excluding tert-OH is 1. The van der Waals surface area contributed by atoms with Crippen LogP contribution in [0.3, 0.4) is 0 Å². The highest BCUT2D eigenvalue weighted by Crippen LogP contribution is 2.19. The third kappa shape index (κ3) is 4.66. The number of methoxy groups -OCH3 is 1. The fourth-order valence-electron chi connectivity index (χ4n) is 2.33. The number of benzene rings is 1. The van der Waals surface area contributed by atoms with Crippen molar-refractivity contribution in [3.8, 4) is 0 Å². The van der Waals surface area contributed by atoms with Crippen molar-refractivity contribution >= 4 is 0 Å². The molecule has 0 fully saturated rings. The quantitative estimate of drug-likeness (QED) is 0.814. The van der Waals surface area contributed by atoms with Gasteiger partial charge in [0.05, 0.1) is 19.3 Å². The molecule has 0 spiro atoms. The fourth-order valence-corrected chi connectivity index (χ4v) is 2.33. The molecule has 0 bridgehead atoms. The Morgan fingerprint density at radius 1 is 1.27 bits per heavy atom. The van der Waals surface area contributed by atoms with Crippen LogP contribution in [0.1, 0.15) is 23.2 Å². The van der Waals surface area contributed by atoms with Gasteiger partial charge in [0, 0.05) is 25.8 Å². The van der Waals surface area contributed by atoms with Crippen molar-refractivity contribution in [3.05, 3.63) is 59.3 Å². The maximum atomic E-state index is 13.8. The minimum absolute atomic E-state index is 0.306. The number of aryl methyl sites for hydroxylation is 1. The first-order valence-electron chi connectivity index (χ1n) is 7.29. The van der Waals surface area contributed by atoms with E-state index in [2.05, 4.69) is 0 Å². The van der Waals surface area contributed by atoms with Gasteiger partial charge in [-0.05, 0) is 25.1 Å². The predicted octanol–water partition coefficient (Wildman–Crippen LogP) is 2.91. The monoisotopic (exact) mass is 307 g/mol. The maximum Gasteiger partial charge on any atom is 0.129 e. The first-order valence-corrected chi connectivity index (χ1v) is 7.29. The molecule has 4 nitrogen and oxygen atoms in total. The second-order valence-electron chi connectivity index (χ2n) is 5.28. The summed E-state index contributed by atoms with van der Waals surface area (Å²) in [4.78, 5) is 1.98. The van der Waals surface area contributed by atoms with Crippen molar-refractivity contribution in [3.63, 3.8) is 0 Å². The molecule has 2 aromatic rings. The molecule has 120 valence electrons. The van der Waals surface area contributed by atoms with Gasteiger partial charge in [-0.3, -0.25) is 4.90 Å². The number of halogens is 1. The Bertz CT molecular complexity index is 585. The van der Waals surface area contributed by atoms with Crippen LogP contribution < -0.4 is 0 Å². The number of nitrogens with zero attached hydrogens (tertiary/aromatic N) is 1. The zero-order chi connectivity index (χ0) is 15.9. The standard InChI is InChI=1S/C17H22FNO3/c1-13-7-8-14(22-13)11-19(9-10-21-2)12-17(20)15-5-3-4-6-16(15)18/h3-8,17,20H,9-12H2,1-2H3. The molecule has 0 saturated heterocycles. The Morgan fingerprint density at radius 2 is 2.05 bits per heavy atom. The second-order valence-corrected chi connectivity index (χ2v) is 5.28. The van der Waals surface area contributed by atoms with Crippen LogP contribution in [0.15, 0.2) is 40.8 Å².